The van der Waals surface area contributed by atoms with Gasteiger partial charge in [-0.2, -0.15) is 13.2 Å². The minimum absolute atomic E-state index is 0.324. The van der Waals surface area contributed by atoms with Crippen LogP contribution < -0.4 is 5.32 Å². The first kappa shape index (κ1) is 13.8. The first-order chi connectivity index (χ1) is 8.38. The maximum Gasteiger partial charge on any atom is 0.443 e. The molecule has 1 aliphatic rings. The van der Waals surface area contributed by atoms with Gasteiger partial charge in [-0.1, -0.05) is 0 Å². The standard InChI is InChI=1S/C11H16F3N3S/c1-7-3-15-4-8(2)17(7)6-9-5-16-10(18-9)11(12,13)14/h5,7-8,15H,3-4,6H2,1-2H3/t7-,8+. The quantitative estimate of drug-likeness (QED) is 0.900. The largest absolute Gasteiger partial charge is 0.443 e. The summed E-state index contributed by atoms with van der Waals surface area (Å²) in [7, 11) is 0. The number of thiazole rings is 1. The molecule has 0 unspecified atom stereocenters. The Hall–Kier alpha value is -0.660. The molecule has 1 N–H and O–H groups in total. The van der Waals surface area contributed by atoms with Gasteiger partial charge in [0.2, 0.25) is 0 Å². The van der Waals surface area contributed by atoms with Gasteiger partial charge < -0.3 is 5.32 Å². The third-order valence-electron chi connectivity index (χ3n) is 3.15. The summed E-state index contributed by atoms with van der Waals surface area (Å²) < 4.78 is 37.4. The summed E-state index contributed by atoms with van der Waals surface area (Å²) in [5.74, 6) is 0. The number of alkyl halides is 3. The zero-order valence-corrected chi connectivity index (χ0v) is 11.1. The van der Waals surface area contributed by atoms with Crippen LogP contribution in [0.4, 0.5) is 13.2 Å². The number of nitrogens with one attached hydrogen (secondary N) is 1. The van der Waals surface area contributed by atoms with Gasteiger partial charge in [0.15, 0.2) is 5.01 Å². The van der Waals surface area contributed by atoms with Crippen LogP contribution in [0.5, 0.6) is 0 Å². The summed E-state index contributed by atoms with van der Waals surface area (Å²) in [5, 5.41) is 2.54. The van der Waals surface area contributed by atoms with Crippen molar-refractivity contribution in [1.29, 1.82) is 0 Å². The van der Waals surface area contributed by atoms with Crippen LogP contribution in [0, 0.1) is 0 Å². The van der Waals surface area contributed by atoms with Crippen molar-refractivity contribution in [2.45, 2.75) is 38.7 Å². The van der Waals surface area contributed by atoms with Crippen LogP contribution in [-0.2, 0) is 12.7 Å². The number of rotatable bonds is 2. The highest BCUT2D eigenvalue weighted by molar-refractivity contribution is 7.11. The van der Waals surface area contributed by atoms with Gasteiger partial charge in [0.05, 0.1) is 0 Å². The van der Waals surface area contributed by atoms with Crippen LogP contribution in [0.1, 0.15) is 23.7 Å². The van der Waals surface area contributed by atoms with E-state index in [1.807, 2.05) is 0 Å². The van der Waals surface area contributed by atoms with Crippen molar-refractivity contribution in [1.82, 2.24) is 15.2 Å². The average Bonchev–Trinajstić information content (AvgIpc) is 2.72. The molecule has 2 rings (SSSR count). The lowest BCUT2D eigenvalue weighted by molar-refractivity contribution is -0.137. The smallest absolute Gasteiger partial charge is 0.314 e. The molecular formula is C11H16F3N3S. The Kier molecular flexibility index (Phi) is 3.93. The van der Waals surface area contributed by atoms with E-state index in [2.05, 4.69) is 29.0 Å². The first-order valence-corrected chi connectivity index (χ1v) is 6.68. The fourth-order valence-electron chi connectivity index (χ4n) is 2.17. The molecule has 2 atom stereocenters. The van der Waals surface area contributed by atoms with Crippen LogP contribution in [0.3, 0.4) is 0 Å². The Morgan fingerprint density at radius 3 is 2.50 bits per heavy atom. The maximum absolute atomic E-state index is 12.5. The second-order valence-electron chi connectivity index (χ2n) is 4.66. The molecule has 1 saturated heterocycles. The van der Waals surface area contributed by atoms with Gasteiger partial charge in [-0.05, 0) is 13.8 Å². The Morgan fingerprint density at radius 1 is 1.39 bits per heavy atom. The van der Waals surface area contributed by atoms with E-state index in [0.29, 0.717) is 23.5 Å². The van der Waals surface area contributed by atoms with Gasteiger partial charge in [-0.25, -0.2) is 4.98 Å². The molecule has 1 aromatic heterocycles. The van der Waals surface area contributed by atoms with Crippen LogP contribution in [0.15, 0.2) is 6.20 Å². The SMILES string of the molecule is C[C@@H]1CNC[C@H](C)N1Cc1cnc(C(F)(F)F)s1. The minimum Gasteiger partial charge on any atom is -0.314 e. The van der Waals surface area contributed by atoms with E-state index in [-0.39, 0.29) is 0 Å². The summed E-state index contributed by atoms with van der Waals surface area (Å²) in [6.07, 6.45) is -2.99. The molecular weight excluding hydrogens is 263 g/mol. The summed E-state index contributed by atoms with van der Waals surface area (Å²) in [6, 6.07) is 0.648. The van der Waals surface area contributed by atoms with Crippen molar-refractivity contribution in [2.24, 2.45) is 0 Å². The molecule has 0 aliphatic carbocycles. The lowest BCUT2D eigenvalue weighted by Gasteiger charge is -2.39. The molecule has 3 nitrogen and oxygen atoms in total. The number of piperazine rings is 1. The van der Waals surface area contributed by atoms with Crippen molar-refractivity contribution < 1.29 is 13.2 Å². The fourth-order valence-corrected chi connectivity index (χ4v) is 2.96. The molecule has 0 amide bonds. The van der Waals surface area contributed by atoms with Crippen LogP contribution in [0.25, 0.3) is 0 Å². The molecule has 0 saturated carbocycles. The Morgan fingerprint density at radius 2 is 2.00 bits per heavy atom. The monoisotopic (exact) mass is 279 g/mol. The lowest BCUT2D eigenvalue weighted by atomic mass is 10.1. The highest BCUT2D eigenvalue weighted by Gasteiger charge is 2.35. The lowest BCUT2D eigenvalue weighted by Crippen LogP contribution is -2.54. The number of hydrogen-bond donors (Lipinski definition) is 1. The van der Waals surface area contributed by atoms with Crippen molar-refractivity contribution in [3.8, 4) is 0 Å². The predicted molar refractivity (Wildman–Crippen MR) is 64.5 cm³/mol. The van der Waals surface area contributed by atoms with Crippen molar-refractivity contribution >= 4 is 11.3 Å². The second-order valence-corrected chi connectivity index (χ2v) is 5.77. The summed E-state index contributed by atoms with van der Waals surface area (Å²) in [5.41, 5.74) is 0. The van der Waals surface area contributed by atoms with E-state index in [0.717, 1.165) is 24.4 Å². The van der Waals surface area contributed by atoms with Gasteiger partial charge in [-0.15, -0.1) is 11.3 Å². The maximum atomic E-state index is 12.5. The molecule has 1 aromatic rings. The highest BCUT2D eigenvalue weighted by atomic mass is 32.1. The number of halogens is 3. The third kappa shape index (κ3) is 3.02. The molecule has 102 valence electrons. The molecule has 7 heteroatoms. The van der Waals surface area contributed by atoms with Gasteiger partial charge in [0, 0.05) is 42.8 Å². The summed E-state index contributed by atoms with van der Waals surface area (Å²) in [4.78, 5) is 6.34. The molecule has 0 spiro atoms. The molecule has 0 bridgehead atoms. The Balaban J connectivity index is 2.06. The Bertz CT molecular complexity index is 394. The average molecular weight is 279 g/mol. The molecule has 18 heavy (non-hydrogen) atoms. The summed E-state index contributed by atoms with van der Waals surface area (Å²) >= 11 is 0.739. The van der Waals surface area contributed by atoms with Crippen molar-refractivity contribution in [3.05, 3.63) is 16.1 Å². The minimum atomic E-state index is -4.33. The molecule has 1 fully saturated rings. The van der Waals surface area contributed by atoms with Crippen molar-refractivity contribution in [3.63, 3.8) is 0 Å². The Labute approximate surface area is 108 Å². The zero-order chi connectivity index (χ0) is 13.3. The number of aromatic nitrogens is 1. The van der Waals surface area contributed by atoms with Gasteiger partial charge in [0.1, 0.15) is 0 Å². The van der Waals surface area contributed by atoms with E-state index >= 15 is 0 Å². The number of hydrogen-bond acceptors (Lipinski definition) is 4. The molecule has 0 aromatic carbocycles. The second kappa shape index (κ2) is 5.14. The predicted octanol–water partition coefficient (Wildman–Crippen LogP) is 2.34. The van der Waals surface area contributed by atoms with Gasteiger partial charge in [-0.3, -0.25) is 4.90 Å². The van der Waals surface area contributed by atoms with Crippen LogP contribution in [-0.4, -0.2) is 35.1 Å². The van der Waals surface area contributed by atoms with E-state index in [4.69, 9.17) is 0 Å². The van der Waals surface area contributed by atoms with Crippen molar-refractivity contribution in [2.75, 3.05) is 13.1 Å². The van der Waals surface area contributed by atoms with E-state index < -0.39 is 11.2 Å². The zero-order valence-electron chi connectivity index (χ0n) is 10.3. The van der Waals surface area contributed by atoms with Gasteiger partial charge >= 0.3 is 6.18 Å². The molecule has 0 radical (unpaired) electrons. The van der Waals surface area contributed by atoms with Crippen LogP contribution >= 0.6 is 11.3 Å². The number of nitrogens with zero attached hydrogens (tertiary/aromatic N) is 2. The van der Waals surface area contributed by atoms with Crippen LogP contribution in [0.2, 0.25) is 0 Å². The van der Waals surface area contributed by atoms with E-state index in [9.17, 15) is 13.2 Å². The van der Waals surface area contributed by atoms with E-state index in [1.54, 1.807) is 0 Å². The fraction of sp³-hybridized carbons (Fsp3) is 0.727. The van der Waals surface area contributed by atoms with E-state index in [1.165, 1.54) is 6.20 Å². The highest BCUT2D eigenvalue weighted by Crippen LogP contribution is 2.33. The third-order valence-corrected chi connectivity index (χ3v) is 4.17. The first-order valence-electron chi connectivity index (χ1n) is 5.86. The molecule has 2 heterocycles. The van der Waals surface area contributed by atoms with Gasteiger partial charge in [0.25, 0.3) is 0 Å². The molecule has 1 aliphatic heterocycles. The summed E-state index contributed by atoms with van der Waals surface area (Å²) in [6.45, 7) is 6.44. The normalized spacial score (nSPS) is 26.5. The topological polar surface area (TPSA) is 28.2 Å².